The van der Waals surface area contributed by atoms with E-state index in [1.807, 2.05) is 6.20 Å². The molecule has 134 valence electrons. The summed E-state index contributed by atoms with van der Waals surface area (Å²) in [5, 5.41) is 1.11. The molecule has 2 unspecified atom stereocenters. The molecule has 4 atom stereocenters. The standard InChI is InChI=1S/C21H25N5/c1-14(25(2)21-16-8-9-22-20(16)23-13-24-21)19-17-11-26(12-18(17)19)10-15-6-4-3-5-7-15/h3-9,13-14,17-19H,10-12H2,1-2H3,(H,22,23,24)/t14?,17-,18+,19?. The van der Waals surface area contributed by atoms with Gasteiger partial charge in [0.1, 0.15) is 17.8 Å². The second kappa shape index (κ2) is 6.09. The minimum absolute atomic E-state index is 0.497. The van der Waals surface area contributed by atoms with Crippen molar-refractivity contribution in [2.45, 2.75) is 19.5 Å². The van der Waals surface area contributed by atoms with Crippen LogP contribution in [-0.4, -0.2) is 46.0 Å². The highest BCUT2D eigenvalue weighted by molar-refractivity contribution is 5.87. The van der Waals surface area contributed by atoms with E-state index in [9.17, 15) is 0 Å². The number of likely N-dealkylation sites (tertiary alicyclic amines) is 1. The topological polar surface area (TPSA) is 48.1 Å². The van der Waals surface area contributed by atoms with Crippen LogP contribution in [0.3, 0.4) is 0 Å². The van der Waals surface area contributed by atoms with Gasteiger partial charge in [-0.3, -0.25) is 4.90 Å². The number of nitrogens with one attached hydrogen (secondary N) is 1. The first-order valence-corrected chi connectivity index (χ1v) is 9.49. The van der Waals surface area contributed by atoms with Crippen molar-refractivity contribution in [3.63, 3.8) is 0 Å². The Labute approximate surface area is 154 Å². The summed E-state index contributed by atoms with van der Waals surface area (Å²) in [6, 6.07) is 13.4. The van der Waals surface area contributed by atoms with Gasteiger partial charge in [0.15, 0.2) is 0 Å². The Morgan fingerprint density at radius 1 is 1.15 bits per heavy atom. The van der Waals surface area contributed by atoms with E-state index in [0.717, 1.165) is 41.1 Å². The number of aromatic amines is 1. The minimum Gasteiger partial charge on any atom is -0.356 e. The first-order chi connectivity index (χ1) is 12.7. The number of hydrogen-bond acceptors (Lipinski definition) is 4. The SMILES string of the molecule is CC(C1[C@H]2CN(Cc3ccccc3)C[C@@H]12)N(C)c1ncnc2[nH]ccc12. The lowest BCUT2D eigenvalue weighted by Crippen LogP contribution is -2.35. The van der Waals surface area contributed by atoms with Crippen LogP contribution in [0.1, 0.15) is 12.5 Å². The average Bonchev–Trinajstić information content (AvgIpc) is 3.03. The van der Waals surface area contributed by atoms with E-state index in [-0.39, 0.29) is 0 Å². The van der Waals surface area contributed by atoms with Crippen LogP contribution >= 0.6 is 0 Å². The van der Waals surface area contributed by atoms with Crippen LogP contribution in [0.15, 0.2) is 48.9 Å². The summed E-state index contributed by atoms with van der Waals surface area (Å²) < 4.78 is 0. The number of piperidine rings is 1. The van der Waals surface area contributed by atoms with Gasteiger partial charge in [0, 0.05) is 38.9 Å². The van der Waals surface area contributed by atoms with Crippen molar-refractivity contribution in [1.82, 2.24) is 19.9 Å². The lowest BCUT2D eigenvalue weighted by atomic mass is 10.1. The maximum atomic E-state index is 4.56. The molecule has 1 saturated heterocycles. The van der Waals surface area contributed by atoms with Gasteiger partial charge >= 0.3 is 0 Å². The van der Waals surface area contributed by atoms with Gasteiger partial charge < -0.3 is 9.88 Å². The van der Waals surface area contributed by atoms with Gasteiger partial charge in [-0.2, -0.15) is 0 Å². The van der Waals surface area contributed by atoms with Crippen LogP contribution in [0.5, 0.6) is 0 Å². The molecule has 1 aromatic carbocycles. The fraction of sp³-hybridized carbons (Fsp3) is 0.429. The van der Waals surface area contributed by atoms with Gasteiger partial charge in [-0.1, -0.05) is 30.3 Å². The Hall–Kier alpha value is -2.40. The van der Waals surface area contributed by atoms with Crippen molar-refractivity contribution in [3.8, 4) is 0 Å². The zero-order valence-electron chi connectivity index (χ0n) is 15.3. The molecular formula is C21H25N5. The Morgan fingerprint density at radius 3 is 2.69 bits per heavy atom. The van der Waals surface area contributed by atoms with Crippen LogP contribution in [-0.2, 0) is 6.54 Å². The molecule has 26 heavy (non-hydrogen) atoms. The third-order valence-electron chi connectivity index (χ3n) is 6.42. The van der Waals surface area contributed by atoms with Gasteiger partial charge in [0.25, 0.3) is 0 Å². The Balaban J connectivity index is 1.25. The smallest absolute Gasteiger partial charge is 0.142 e. The van der Waals surface area contributed by atoms with Crippen molar-refractivity contribution in [2.75, 3.05) is 25.0 Å². The largest absolute Gasteiger partial charge is 0.356 e. The second-order valence-corrected chi connectivity index (χ2v) is 7.87. The van der Waals surface area contributed by atoms with E-state index in [2.05, 4.69) is 75.1 Å². The van der Waals surface area contributed by atoms with Crippen molar-refractivity contribution in [1.29, 1.82) is 0 Å². The highest BCUT2D eigenvalue weighted by atomic mass is 15.2. The Kier molecular flexibility index (Phi) is 3.71. The van der Waals surface area contributed by atoms with E-state index in [1.165, 1.54) is 18.7 Å². The van der Waals surface area contributed by atoms with E-state index < -0.39 is 0 Å². The number of rotatable bonds is 5. The van der Waals surface area contributed by atoms with Crippen molar-refractivity contribution < 1.29 is 0 Å². The highest BCUT2D eigenvalue weighted by Gasteiger charge is 2.58. The van der Waals surface area contributed by atoms with Gasteiger partial charge in [-0.25, -0.2) is 9.97 Å². The van der Waals surface area contributed by atoms with Crippen LogP contribution < -0.4 is 4.90 Å². The van der Waals surface area contributed by atoms with Crippen LogP contribution in [0.4, 0.5) is 5.82 Å². The third-order valence-corrected chi connectivity index (χ3v) is 6.42. The van der Waals surface area contributed by atoms with Crippen molar-refractivity contribution in [3.05, 3.63) is 54.5 Å². The molecule has 3 aromatic rings. The molecule has 2 fully saturated rings. The number of aromatic nitrogens is 3. The maximum absolute atomic E-state index is 4.56. The minimum atomic E-state index is 0.497. The zero-order chi connectivity index (χ0) is 17.7. The Bertz CT molecular complexity index is 893. The fourth-order valence-corrected chi connectivity index (χ4v) is 4.94. The van der Waals surface area contributed by atoms with E-state index in [4.69, 9.17) is 0 Å². The number of nitrogens with zero attached hydrogens (tertiary/aromatic N) is 4. The number of anilines is 1. The zero-order valence-corrected chi connectivity index (χ0v) is 15.3. The van der Waals surface area contributed by atoms with Crippen LogP contribution in [0, 0.1) is 17.8 Å². The molecule has 1 saturated carbocycles. The molecule has 5 nitrogen and oxygen atoms in total. The van der Waals surface area contributed by atoms with E-state index >= 15 is 0 Å². The summed E-state index contributed by atoms with van der Waals surface area (Å²) in [7, 11) is 2.18. The average molecular weight is 347 g/mol. The van der Waals surface area contributed by atoms with Crippen molar-refractivity contribution in [2.24, 2.45) is 17.8 Å². The molecule has 1 N–H and O–H groups in total. The first-order valence-electron chi connectivity index (χ1n) is 9.49. The van der Waals surface area contributed by atoms with Crippen molar-refractivity contribution >= 4 is 16.9 Å². The van der Waals surface area contributed by atoms with E-state index in [0.29, 0.717) is 6.04 Å². The molecule has 0 bridgehead atoms. The quantitative estimate of drug-likeness (QED) is 0.770. The van der Waals surface area contributed by atoms with Crippen LogP contribution in [0.25, 0.3) is 11.0 Å². The number of H-pyrrole nitrogens is 1. The second-order valence-electron chi connectivity index (χ2n) is 7.87. The summed E-state index contributed by atoms with van der Waals surface area (Å²) in [6.45, 7) is 5.89. The number of fused-ring (bicyclic) bond motifs is 2. The molecule has 2 aliphatic rings. The predicted octanol–water partition coefficient (Wildman–Crippen LogP) is 3.16. The van der Waals surface area contributed by atoms with Gasteiger partial charge in [-0.15, -0.1) is 0 Å². The predicted molar refractivity (Wildman–Crippen MR) is 104 cm³/mol. The summed E-state index contributed by atoms with van der Waals surface area (Å²) in [4.78, 5) is 17.0. The lowest BCUT2D eigenvalue weighted by molar-refractivity contribution is 0.269. The molecule has 2 aromatic heterocycles. The van der Waals surface area contributed by atoms with Crippen LogP contribution in [0.2, 0.25) is 0 Å². The highest BCUT2D eigenvalue weighted by Crippen LogP contribution is 2.55. The van der Waals surface area contributed by atoms with E-state index in [1.54, 1.807) is 6.33 Å². The fourth-order valence-electron chi connectivity index (χ4n) is 4.94. The monoisotopic (exact) mass is 347 g/mol. The Morgan fingerprint density at radius 2 is 1.92 bits per heavy atom. The molecule has 0 amide bonds. The summed E-state index contributed by atoms with van der Waals surface area (Å²) in [6.07, 6.45) is 3.60. The molecule has 3 heterocycles. The van der Waals surface area contributed by atoms with Gasteiger partial charge in [0.05, 0.1) is 5.39 Å². The molecule has 1 aliphatic carbocycles. The molecule has 0 radical (unpaired) electrons. The first kappa shape index (κ1) is 15.8. The number of benzene rings is 1. The molecule has 5 heteroatoms. The maximum Gasteiger partial charge on any atom is 0.142 e. The molecule has 5 rings (SSSR count). The third kappa shape index (κ3) is 2.58. The molecular weight excluding hydrogens is 322 g/mol. The van der Waals surface area contributed by atoms with Gasteiger partial charge in [0.2, 0.25) is 0 Å². The lowest BCUT2D eigenvalue weighted by Gasteiger charge is -2.29. The number of hydrogen-bond donors (Lipinski definition) is 1. The molecule has 1 aliphatic heterocycles. The normalized spacial score (nSPS) is 26.0. The summed E-state index contributed by atoms with van der Waals surface area (Å²) in [5.41, 5.74) is 2.34. The summed E-state index contributed by atoms with van der Waals surface area (Å²) in [5.74, 6) is 3.48. The van der Waals surface area contributed by atoms with Gasteiger partial charge in [-0.05, 0) is 36.3 Å². The molecule has 0 spiro atoms. The summed E-state index contributed by atoms with van der Waals surface area (Å²) >= 11 is 0.